The summed E-state index contributed by atoms with van der Waals surface area (Å²) in [6, 6.07) is 16.8. The van der Waals surface area contributed by atoms with E-state index >= 15 is 0 Å². The summed E-state index contributed by atoms with van der Waals surface area (Å²) in [6.45, 7) is 0. The van der Waals surface area contributed by atoms with Crippen LogP contribution in [0.1, 0.15) is 15.9 Å². The molecular weight excluding hydrogens is 266 g/mol. The third kappa shape index (κ3) is 3.88. The molecular formula is C17H10NO3. The highest BCUT2D eigenvalue weighted by Gasteiger charge is 2.07. The number of benzene rings is 2. The highest BCUT2D eigenvalue weighted by atomic mass is 16.5. The summed E-state index contributed by atoms with van der Waals surface area (Å²) < 4.78 is 5.21. The molecule has 0 saturated heterocycles. The maximum absolute atomic E-state index is 11.8. The lowest BCUT2D eigenvalue weighted by molar-refractivity contribution is 0.0735. The largest absolute Gasteiger partial charge is 0.423 e. The Morgan fingerprint density at radius 3 is 2.29 bits per heavy atom. The van der Waals surface area contributed by atoms with E-state index in [9.17, 15) is 9.59 Å². The number of ether oxygens (including phenoxy) is 1. The molecule has 0 atom stereocenters. The molecule has 1 radical (unpaired) electrons. The van der Waals surface area contributed by atoms with E-state index < -0.39 is 5.97 Å². The average Bonchev–Trinajstić information content (AvgIpc) is 2.55. The second-order valence-corrected chi connectivity index (χ2v) is 4.10. The SMILES string of the molecule is N#CC([C]=O)=Cc1ccc(OC(=O)c2ccccc2)cc1. The van der Waals surface area contributed by atoms with Gasteiger partial charge in [-0.1, -0.05) is 30.3 Å². The Morgan fingerprint density at radius 1 is 1.05 bits per heavy atom. The van der Waals surface area contributed by atoms with Gasteiger partial charge < -0.3 is 4.74 Å². The van der Waals surface area contributed by atoms with Crippen molar-refractivity contribution >= 4 is 18.3 Å². The fourth-order valence-electron chi connectivity index (χ4n) is 1.62. The number of esters is 1. The molecule has 0 fully saturated rings. The third-order valence-electron chi connectivity index (χ3n) is 2.64. The van der Waals surface area contributed by atoms with Crippen LogP contribution in [0.5, 0.6) is 5.75 Å². The number of nitriles is 1. The Hall–Kier alpha value is -3.19. The molecule has 0 aliphatic carbocycles. The van der Waals surface area contributed by atoms with Gasteiger partial charge in [0.05, 0.1) is 5.56 Å². The molecule has 2 aromatic carbocycles. The summed E-state index contributed by atoms with van der Waals surface area (Å²) in [6.07, 6.45) is 2.93. The third-order valence-corrected chi connectivity index (χ3v) is 2.64. The van der Waals surface area contributed by atoms with Crippen molar-refractivity contribution in [2.45, 2.75) is 0 Å². The summed E-state index contributed by atoms with van der Waals surface area (Å²) >= 11 is 0. The minimum absolute atomic E-state index is 0.0935. The van der Waals surface area contributed by atoms with E-state index in [-0.39, 0.29) is 5.57 Å². The highest BCUT2D eigenvalue weighted by molar-refractivity contribution is 5.91. The van der Waals surface area contributed by atoms with Gasteiger partial charge in [0.25, 0.3) is 0 Å². The quantitative estimate of drug-likeness (QED) is 0.372. The van der Waals surface area contributed by atoms with E-state index in [4.69, 9.17) is 10.00 Å². The zero-order chi connectivity index (χ0) is 15.1. The molecule has 0 aliphatic rings. The second-order valence-electron chi connectivity index (χ2n) is 4.10. The molecule has 4 nitrogen and oxygen atoms in total. The number of rotatable bonds is 4. The standard InChI is InChI=1S/C17H10NO3/c18-11-14(12-19)10-13-6-8-16(9-7-13)21-17(20)15-4-2-1-3-5-15/h1-10H. The minimum Gasteiger partial charge on any atom is -0.423 e. The fraction of sp³-hybridized carbons (Fsp3) is 0. The van der Waals surface area contributed by atoms with Gasteiger partial charge >= 0.3 is 5.97 Å². The van der Waals surface area contributed by atoms with Crippen LogP contribution in [0.25, 0.3) is 6.08 Å². The number of carbonyl (C=O) groups excluding carboxylic acids is 2. The van der Waals surface area contributed by atoms with Gasteiger partial charge in [-0.25, -0.2) is 4.79 Å². The van der Waals surface area contributed by atoms with Crippen LogP contribution < -0.4 is 4.74 Å². The molecule has 0 heterocycles. The van der Waals surface area contributed by atoms with Gasteiger partial charge in [0.15, 0.2) is 0 Å². The van der Waals surface area contributed by atoms with Crippen LogP contribution in [-0.2, 0) is 4.79 Å². The molecule has 0 aliphatic heterocycles. The van der Waals surface area contributed by atoms with Crippen molar-refractivity contribution in [1.82, 2.24) is 0 Å². The molecule has 0 N–H and O–H groups in total. The van der Waals surface area contributed by atoms with Crippen molar-refractivity contribution in [2.24, 2.45) is 0 Å². The lowest BCUT2D eigenvalue weighted by Crippen LogP contribution is -2.07. The highest BCUT2D eigenvalue weighted by Crippen LogP contribution is 2.15. The maximum atomic E-state index is 11.8. The first kappa shape index (κ1) is 14.2. The number of nitrogens with zero attached hydrogens (tertiary/aromatic N) is 1. The Labute approximate surface area is 121 Å². The predicted molar refractivity (Wildman–Crippen MR) is 77.1 cm³/mol. The van der Waals surface area contributed by atoms with Crippen LogP contribution in [0.2, 0.25) is 0 Å². The number of carbonyl (C=O) groups is 1. The predicted octanol–water partition coefficient (Wildman–Crippen LogP) is 2.92. The monoisotopic (exact) mass is 276 g/mol. The molecule has 4 heteroatoms. The van der Waals surface area contributed by atoms with E-state index in [1.807, 2.05) is 6.07 Å². The first-order valence-corrected chi connectivity index (χ1v) is 6.10. The van der Waals surface area contributed by atoms with E-state index in [0.717, 1.165) is 0 Å². The van der Waals surface area contributed by atoms with Crippen LogP contribution in [0.3, 0.4) is 0 Å². The molecule has 0 amide bonds. The van der Waals surface area contributed by atoms with Crippen molar-refractivity contribution in [2.75, 3.05) is 0 Å². The molecule has 101 valence electrons. The molecule has 21 heavy (non-hydrogen) atoms. The first-order chi connectivity index (χ1) is 10.2. The Balaban J connectivity index is 2.10. The van der Waals surface area contributed by atoms with Gasteiger partial charge in [0.2, 0.25) is 6.29 Å². The van der Waals surface area contributed by atoms with Gasteiger partial charge in [-0.2, -0.15) is 5.26 Å². The zero-order valence-corrected chi connectivity index (χ0v) is 10.9. The Kier molecular flexibility index (Phi) is 4.62. The molecule has 2 rings (SSSR count). The fourth-order valence-corrected chi connectivity index (χ4v) is 1.62. The number of allylic oxidation sites excluding steroid dienone is 1. The van der Waals surface area contributed by atoms with Crippen molar-refractivity contribution < 1.29 is 14.3 Å². The van der Waals surface area contributed by atoms with Crippen molar-refractivity contribution in [3.05, 3.63) is 71.3 Å². The number of hydrogen-bond donors (Lipinski definition) is 0. The summed E-state index contributed by atoms with van der Waals surface area (Å²) in [7, 11) is 0. The summed E-state index contributed by atoms with van der Waals surface area (Å²) in [5.74, 6) is -0.0626. The maximum Gasteiger partial charge on any atom is 0.343 e. The van der Waals surface area contributed by atoms with Crippen LogP contribution in [-0.4, -0.2) is 12.3 Å². The van der Waals surface area contributed by atoms with E-state index in [1.54, 1.807) is 54.6 Å². The van der Waals surface area contributed by atoms with Crippen LogP contribution >= 0.6 is 0 Å². The van der Waals surface area contributed by atoms with Crippen LogP contribution in [0.4, 0.5) is 0 Å². The first-order valence-electron chi connectivity index (χ1n) is 6.10. The summed E-state index contributed by atoms with van der Waals surface area (Å²) in [5, 5.41) is 8.64. The van der Waals surface area contributed by atoms with Gasteiger partial charge in [0.1, 0.15) is 17.4 Å². The van der Waals surface area contributed by atoms with Gasteiger partial charge in [0, 0.05) is 0 Å². The van der Waals surface area contributed by atoms with E-state index in [0.29, 0.717) is 16.9 Å². The number of hydrogen-bond acceptors (Lipinski definition) is 4. The van der Waals surface area contributed by atoms with Gasteiger partial charge in [-0.15, -0.1) is 0 Å². The normalized spacial score (nSPS) is 10.5. The topological polar surface area (TPSA) is 67.2 Å². The Morgan fingerprint density at radius 2 is 1.71 bits per heavy atom. The van der Waals surface area contributed by atoms with E-state index in [1.165, 1.54) is 12.4 Å². The molecule has 0 saturated carbocycles. The van der Waals surface area contributed by atoms with E-state index in [2.05, 4.69) is 0 Å². The zero-order valence-electron chi connectivity index (χ0n) is 10.9. The van der Waals surface area contributed by atoms with Crippen molar-refractivity contribution in [1.29, 1.82) is 5.26 Å². The molecule has 2 aromatic rings. The Bertz CT molecular complexity index is 710. The van der Waals surface area contributed by atoms with Gasteiger partial charge in [-0.3, -0.25) is 4.79 Å². The van der Waals surface area contributed by atoms with Crippen LogP contribution in [0.15, 0.2) is 60.2 Å². The average molecular weight is 276 g/mol. The van der Waals surface area contributed by atoms with Crippen LogP contribution in [0, 0.1) is 11.3 Å². The van der Waals surface area contributed by atoms with Gasteiger partial charge in [-0.05, 0) is 35.9 Å². The lowest BCUT2D eigenvalue weighted by atomic mass is 10.1. The minimum atomic E-state index is -0.446. The van der Waals surface area contributed by atoms with Crippen molar-refractivity contribution in [3.63, 3.8) is 0 Å². The smallest absolute Gasteiger partial charge is 0.343 e. The molecule has 0 bridgehead atoms. The lowest BCUT2D eigenvalue weighted by Gasteiger charge is -2.04. The molecule has 0 spiro atoms. The molecule has 0 unspecified atom stereocenters. The summed E-state index contributed by atoms with van der Waals surface area (Å²) in [5.41, 5.74) is 1.02. The molecule has 0 aromatic heterocycles. The second kappa shape index (κ2) is 6.83. The van der Waals surface area contributed by atoms with Crippen molar-refractivity contribution in [3.8, 4) is 11.8 Å². The summed E-state index contributed by atoms with van der Waals surface area (Å²) in [4.78, 5) is 22.3.